The fourth-order valence-corrected chi connectivity index (χ4v) is 2.05. The van der Waals surface area contributed by atoms with Gasteiger partial charge in [0.25, 0.3) is 0 Å². The van der Waals surface area contributed by atoms with E-state index in [4.69, 9.17) is 0 Å². The van der Waals surface area contributed by atoms with Gasteiger partial charge in [-0.05, 0) is 37.6 Å². The van der Waals surface area contributed by atoms with E-state index in [2.05, 4.69) is 22.0 Å². The minimum absolute atomic E-state index is 0.0345. The SMILES string of the molecule is CC(=O)Nc1cc(NC2CCNC2)ccc1C. The summed E-state index contributed by atoms with van der Waals surface area (Å²) in [5.74, 6) is -0.0345. The van der Waals surface area contributed by atoms with Gasteiger partial charge in [-0.15, -0.1) is 0 Å². The van der Waals surface area contributed by atoms with Gasteiger partial charge < -0.3 is 16.0 Å². The third-order valence-electron chi connectivity index (χ3n) is 2.98. The van der Waals surface area contributed by atoms with Crippen LogP contribution in [0.5, 0.6) is 0 Å². The molecule has 1 amide bonds. The summed E-state index contributed by atoms with van der Waals surface area (Å²) in [6, 6.07) is 6.56. The lowest BCUT2D eigenvalue weighted by Gasteiger charge is -2.15. The van der Waals surface area contributed by atoms with Crippen molar-refractivity contribution in [2.75, 3.05) is 23.7 Å². The normalized spacial score (nSPS) is 19.1. The molecule has 3 N–H and O–H groups in total. The Labute approximate surface area is 102 Å². The Bertz CT molecular complexity index is 411. The number of benzene rings is 1. The van der Waals surface area contributed by atoms with Gasteiger partial charge in [-0.2, -0.15) is 0 Å². The molecule has 1 unspecified atom stereocenters. The molecule has 1 fully saturated rings. The minimum atomic E-state index is -0.0345. The predicted octanol–water partition coefficient (Wildman–Crippen LogP) is 1.73. The molecule has 1 aliphatic heterocycles. The second-order valence-electron chi connectivity index (χ2n) is 4.54. The monoisotopic (exact) mass is 233 g/mol. The van der Waals surface area contributed by atoms with Crippen molar-refractivity contribution in [3.63, 3.8) is 0 Å². The van der Waals surface area contributed by atoms with E-state index in [-0.39, 0.29) is 5.91 Å². The molecule has 0 radical (unpaired) electrons. The third-order valence-corrected chi connectivity index (χ3v) is 2.98. The van der Waals surface area contributed by atoms with E-state index in [1.165, 1.54) is 6.92 Å². The molecule has 1 heterocycles. The molecule has 0 saturated carbocycles. The maximum Gasteiger partial charge on any atom is 0.221 e. The molecule has 4 nitrogen and oxygen atoms in total. The van der Waals surface area contributed by atoms with Crippen molar-refractivity contribution in [1.82, 2.24) is 5.32 Å². The van der Waals surface area contributed by atoms with Crippen molar-refractivity contribution in [3.05, 3.63) is 23.8 Å². The fourth-order valence-electron chi connectivity index (χ4n) is 2.05. The Morgan fingerprint density at radius 1 is 1.47 bits per heavy atom. The molecule has 1 aliphatic rings. The van der Waals surface area contributed by atoms with Crippen LogP contribution in [0.1, 0.15) is 18.9 Å². The van der Waals surface area contributed by atoms with E-state index in [9.17, 15) is 4.79 Å². The van der Waals surface area contributed by atoms with Crippen molar-refractivity contribution < 1.29 is 4.79 Å². The van der Waals surface area contributed by atoms with Gasteiger partial charge in [-0.3, -0.25) is 4.79 Å². The van der Waals surface area contributed by atoms with E-state index in [0.29, 0.717) is 6.04 Å². The molecular formula is C13H19N3O. The number of nitrogens with one attached hydrogen (secondary N) is 3. The number of hydrogen-bond donors (Lipinski definition) is 3. The third kappa shape index (κ3) is 3.20. The van der Waals surface area contributed by atoms with Gasteiger partial charge in [0.1, 0.15) is 0 Å². The average Bonchev–Trinajstić information content (AvgIpc) is 2.75. The Hall–Kier alpha value is -1.55. The number of aryl methyl sites for hydroxylation is 1. The first-order valence-electron chi connectivity index (χ1n) is 6.00. The van der Waals surface area contributed by atoms with Crippen LogP contribution in [0.3, 0.4) is 0 Å². The van der Waals surface area contributed by atoms with Crippen molar-refractivity contribution in [3.8, 4) is 0 Å². The first kappa shape index (κ1) is 11.9. The molecule has 17 heavy (non-hydrogen) atoms. The van der Waals surface area contributed by atoms with Crippen LogP contribution in [0.2, 0.25) is 0 Å². The Balaban J connectivity index is 2.09. The molecule has 1 saturated heterocycles. The molecule has 0 spiro atoms. The predicted molar refractivity (Wildman–Crippen MR) is 70.4 cm³/mol. The zero-order valence-electron chi connectivity index (χ0n) is 10.3. The summed E-state index contributed by atoms with van der Waals surface area (Å²) >= 11 is 0. The molecule has 0 aromatic heterocycles. The highest BCUT2D eigenvalue weighted by atomic mass is 16.1. The molecule has 2 rings (SSSR count). The van der Waals surface area contributed by atoms with E-state index in [1.807, 2.05) is 19.1 Å². The lowest BCUT2D eigenvalue weighted by molar-refractivity contribution is -0.114. The number of carbonyl (C=O) groups is 1. The lowest BCUT2D eigenvalue weighted by atomic mass is 10.1. The Morgan fingerprint density at radius 3 is 2.94 bits per heavy atom. The van der Waals surface area contributed by atoms with Gasteiger partial charge in [0, 0.05) is 30.9 Å². The van der Waals surface area contributed by atoms with Crippen molar-refractivity contribution in [1.29, 1.82) is 0 Å². The van der Waals surface area contributed by atoms with Crippen LogP contribution in [0.25, 0.3) is 0 Å². The number of amides is 1. The highest BCUT2D eigenvalue weighted by molar-refractivity contribution is 5.90. The quantitative estimate of drug-likeness (QED) is 0.745. The zero-order valence-corrected chi connectivity index (χ0v) is 10.3. The number of hydrogen-bond acceptors (Lipinski definition) is 3. The highest BCUT2D eigenvalue weighted by Crippen LogP contribution is 2.21. The second-order valence-corrected chi connectivity index (χ2v) is 4.54. The summed E-state index contributed by atoms with van der Waals surface area (Å²) in [5, 5.41) is 9.63. The summed E-state index contributed by atoms with van der Waals surface area (Å²) in [7, 11) is 0. The average molecular weight is 233 g/mol. The van der Waals surface area contributed by atoms with E-state index < -0.39 is 0 Å². The van der Waals surface area contributed by atoms with E-state index in [1.54, 1.807) is 0 Å². The maximum atomic E-state index is 11.1. The standard InChI is InChI=1S/C13H19N3O/c1-9-3-4-11(7-13(9)15-10(2)17)16-12-5-6-14-8-12/h3-4,7,12,14,16H,5-6,8H2,1-2H3,(H,15,17). The van der Waals surface area contributed by atoms with Crippen molar-refractivity contribution >= 4 is 17.3 Å². The second kappa shape index (κ2) is 5.19. The number of rotatable bonds is 3. The van der Waals surface area contributed by atoms with Crippen molar-refractivity contribution in [2.24, 2.45) is 0 Å². The molecular weight excluding hydrogens is 214 g/mol. The van der Waals surface area contributed by atoms with E-state index >= 15 is 0 Å². The molecule has 0 aliphatic carbocycles. The van der Waals surface area contributed by atoms with Gasteiger partial charge in [0.2, 0.25) is 5.91 Å². The van der Waals surface area contributed by atoms with Crippen molar-refractivity contribution in [2.45, 2.75) is 26.3 Å². The molecule has 0 bridgehead atoms. The van der Waals surface area contributed by atoms with Crippen LogP contribution in [0.15, 0.2) is 18.2 Å². The molecule has 1 aromatic carbocycles. The first-order chi connectivity index (χ1) is 8.15. The summed E-state index contributed by atoms with van der Waals surface area (Å²) < 4.78 is 0. The Morgan fingerprint density at radius 2 is 2.29 bits per heavy atom. The van der Waals surface area contributed by atoms with Gasteiger partial charge in [-0.1, -0.05) is 6.07 Å². The van der Waals surface area contributed by atoms with Crippen LogP contribution in [-0.2, 0) is 4.79 Å². The minimum Gasteiger partial charge on any atom is -0.381 e. The number of anilines is 2. The molecule has 1 aromatic rings. The largest absolute Gasteiger partial charge is 0.381 e. The van der Waals surface area contributed by atoms with Gasteiger partial charge in [0.05, 0.1) is 0 Å². The summed E-state index contributed by atoms with van der Waals surface area (Å²) in [6.45, 7) is 5.60. The fraction of sp³-hybridized carbons (Fsp3) is 0.462. The lowest BCUT2D eigenvalue weighted by Crippen LogP contribution is -2.22. The summed E-state index contributed by atoms with van der Waals surface area (Å²) in [5.41, 5.74) is 3.02. The van der Waals surface area contributed by atoms with Gasteiger partial charge >= 0.3 is 0 Å². The smallest absolute Gasteiger partial charge is 0.221 e. The van der Waals surface area contributed by atoms with Crippen LogP contribution < -0.4 is 16.0 Å². The Kier molecular flexibility index (Phi) is 3.64. The summed E-state index contributed by atoms with van der Waals surface area (Å²) in [6.07, 6.45) is 1.14. The zero-order chi connectivity index (χ0) is 12.3. The van der Waals surface area contributed by atoms with Crippen LogP contribution in [-0.4, -0.2) is 25.0 Å². The van der Waals surface area contributed by atoms with Gasteiger partial charge in [-0.25, -0.2) is 0 Å². The number of carbonyl (C=O) groups excluding carboxylic acids is 1. The van der Waals surface area contributed by atoms with E-state index in [0.717, 1.165) is 36.4 Å². The summed E-state index contributed by atoms with van der Waals surface area (Å²) in [4.78, 5) is 11.1. The van der Waals surface area contributed by atoms with Crippen LogP contribution in [0.4, 0.5) is 11.4 Å². The molecule has 4 heteroatoms. The topological polar surface area (TPSA) is 53.2 Å². The maximum absolute atomic E-state index is 11.1. The molecule has 92 valence electrons. The van der Waals surface area contributed by atoms with Gasteiger partial charge in [0.15, 0.2) is 0 Å². The molecule has 1 atom stereocenters. The first-order valence-corrected chi connectivity index (χ1v) is 6.00. The van der Waals surface area contributed by atoms with Crippen LogP contribution >= 0.6 is 0 Å². The van der Waals surface area contributed by atoms with Crippen LogP contribution in [0, 0.1) is 6.92 Å². The highest BCUT2D eigenvalue weighted by Gasteiger charge is 2.14.